The Bertz CT molecular complexity index is 510. The first-order chi connectivity index (χ1) is 8.61. The summed E-state index contributed by atoms with van der Waals surface area (Å²) in [7, 11) is 0. The maximum absolute atomic E-state index is 11.1. The van der Waals surface area contributed by atoms with Crippen LogP contribution in [0.1, 0.15) is 24.8 Å². The predicted octanol–water partition coefficient (Wildman–Crippen LogP) is 2.99. The molecule has 1 fully saturated rings. The van der Waals surface area contributed by atoms with Crippen LogP contribution in [0.3, 0.4) is 0 Å². The van der Waals surface area contributed by atoms with E-state index in [1.165, 1.54) is 0 Å². The van der Waals surface area contributed by atoms with Gasteiger partial charge in [0.05, 0.1) is 11.5 Å². The lowest BCUT2D eigenvalue weighted by atomic mass is 10.0. The molecule has 0 bridgehead atoms. The van der Waals surface area contributed by atoms with E-state index in [2.05, 4.69) is 27.3 Å². The lowest BCUT2D eigenvalue weighted by Crippen LogP contribution is -2.29. The number of nitrogens with zero attached hydrogens (tertiary/aromatic N) is 1. The zero-order chi connectivity index (χ0) is 13.1. The average molecular weight is 309 g/mol. The average Bonchev–Trinajstić information content (AvgIpc) is 2.77. The number of nitrogens with one attached hydrogen (secondary N) is 1. The fraction of sp³-hybridized carbons (Fsp3) is 0.385. The smallest absolute Gasteiger partial charge is 0.308 e. The fourth-order valence-corrected chi connectivity index (χ4v) is 2.81. The standard InChI is InChI=1S/C13H13BrN2O2/c14-11-6-9(5-4-8(11)7-15)16-12-3-1-2-10(12)13(17)18/h4-6,10,12,16H,1-3H2,(H,17,18). The largest absolute Gasteiger partial charge is 0.481 e. The van der Waals surface area contributed by atoms with Gasteiger partial charge in [0.2, 0.25) is 0 Å². The molecule has 1 saturated carbocycles. The third-order valence-corrected chi connectivity index (χ3v) is 3.93. The molecule has 18 heavy (non-hydrogen) atoms. The molecule has 2 rings (SSSR count). The zero-order valence-electron chi connectivity index (χ0n) is 9.69. The highest BCUT2D eigenvalue weighted by atomic mass is 79.9. The second kappa shape index (κ2) is 5.40. The van der Waals surface area contributed by atoms with Gasteiger partial charge in [0.25, 0.3) is 0 Å². The number of hydrogen-bond acceptors (Lipinski definition) is 3. The van der Waals surface area contributed by atoms with Crippen molar-refractivity contribution in [1.82, 2.24) is 0 Å². The van der Waals surface area contributed by atoms with Gasteiger partial charge in [-0.15, -0.1) is 0 Å². The molecule has 4 nitrogen and oxygen atoms in total. The Morgan fingerprint density at radius 3 is 2.89 bits per heavy atom. The number of hydrogen-bond donors (Lipinski definition) is 2. The van der Waals surface area contributed by atoms with Crippen molar-refractivity contribution in [2.75, 3.05) is 5.32 Å². The molecule has 0 amide bonds. The van der Waals surface area contributed by atoms with Gasteiger partial charge in [0.15, 0.2) is 0 Å². The molecule has 1 aromatic rings. The maximum atomic E-state index is 11.1. The minimum atomic E-state index is -0.738. The van der Waals surface area contributed by atoms with Crippen LogP contribution in [0.15, 0.2) is 22.7 Å². The monoisotopic (exact) mass is 308 g/mol. The summed E-state index contributed by atoms with van der Waals surface area (Å²) >= 11 is 3.32. The predicted molar refractivity (Wildman–Crippen MR) is 71.2 cm³/mol. The SMILES string of the molecule is N#Cc1ccc(NC2CCCC2C(=O)O)cc1Br. The zero-order valence-corrected chi connectivity index (χ0v) is 11.3. The molecule has 5 heteroatoms. The van der Waals surface area contributed by atoms with Crippen LogP contribution < -0.4 is 5.32 Å². The molecule has 2 atom stereocenters. The van der Waals surface area contributed by atoms with Crippen LogP contribution in [-0.4, -0.2) is 17.1 Å². The van der Waals surface area contributed by atoms with Crippen molar-refractivity contribution in [2.45, 2.75) is 25.3 Å². The number of benzene rings is 1. The van der Waals surface area contributed by atoms with E-state index >= 15 is 0 Å². The minimum absolute atomic E-state index is 0.0256. The van der Waals surface area contributed by atoms with E-state index in [9.17, 15) is 4.79 Å². The molecule has 1 aliphatic rings. The van der Waals surface area contributed by atoms with Crippen LogP contribution in [0.25, 0.3) is 0 Å². The Balaban J connectivity index is 2.12. The highest BCUT2D eigenvalue weighted by Gasteiger charge is 2.32. The Kier molecular flexibility index (Phi) is 3.87. The van der Waals surface area contributed by atoms with E-state index in [0.717, 1.165) is 29.4 Å². The second-order valence-electron chi connectivity index (χ2n) is 4.43. The summed E-state index contributed by atoms with van der Waals surface area (Å²) < 4.78 is 0.722. The van der Waals surface area contributed by atoms with Crippen molar-refractivity contribution in [2.24, 2.45) is 5.92 Å². The Morgan fingerprint density at radius 2 is 2.28 bits per heavy atom. The highest BCUT2D eigenvalue weighted by Crippen LogP contribution is 2.30. The molecular weight excluding hydrogens is 296 g/mol. The van der Waals surface area contributed by atoms with Gasteiger partial charge in [-0.1, -0.05) is 6.42 Å². The number of rotatable bonds is 3. The van der Waals surface area contributed by atoms with E-state index in [-0.39, 0.29) is 12.0 Å². The van der Waals surface area contributed by atoms with E-state index in [0.29, 0.717) is 5.56 Å². The highest BCUT2D eigenvalue weighted by molar-refractivity contribution is 9.10. The third-order valence-electron chi connectivity index (χ3n) is 3.27. The summed E-state index contributed by atoms with van der Waals surface area (Å²) in [4.78, 5) is 11.1. The number of nitriles is 1. The molecule has 0 aliphatic heterocycles. The minimum Gasteiger partial charge on any atom is -0.481 e. The van der Waals surface area contributed by atoms with Crippen LogP contribution in [-0.2, 0) is 4.79 Å². The number of carboxylic acid groups (broad SMARTS) is 1. The molecule has 94 valence electrons. The van der Waals surface area contributed by atoms with Crippen LogP contribution in [0.4, 0.5) is 5.69 Å². The molecular formula is C13H13BrN2O2. The summed E-state index contributed by atoms with van der Waals surface area (Å²) in [6.07, 6.45) is 2.53. The second-order valence-corrected chi connectivity index (χ2v) is 5.29. The molecule has 0 radical (unpaired) electrons. The van der Waals surface area contributed by atoms with E-state index in [1.54, 1.807) is 12.1 Å². The number of carboxylic acids is 1. The van der Waals surface area contributed by atoms with Crippen LogP contribution in [0.5, 0.6) is 0 Å². The summed E-state index contributed by atoms with van der Waals surface area (Å²) in [6, 6.07) is 7.39. The van der Waals surface area contributed by atoms with Crippen LogP contribution >= 0.6 is 15.9 Å². The first-order valence-corrected chi connectivity index (χ1v) is 6.60. The van der Waals surface area contributed by atoms with Crippen molar-refractivity contribution in [3.05, 3.63) is 28.2 Å². The summed E-state index contributed by atoms with van der Waals surface area (Å²) in [6.45, 7) is 0. The molecule has 1 aliphatic carbocycles. The fourth-order valence-electron chi connectivity index (χ4n) is 2.34. The van der Waals surface area contributed by atoms with Crippen molar-refractivity contribution in [1.29, 1.82) is 5.26 Å². The van der Waals surface area contributed by atoms with Crippen LogP contribution in [0.2, 0.25) is 0 Å². The number of carbonyl (C=O) groups is 1. The van der Waals surface area contributed by atoms with E-state index in [4.69, 9.17) is 10.4 Å². The summed E-state index contributed by atoms with van der Waals surface area (Å²) in [5, 5.41) is 21.2. The van der Waals surface area contributed by atoms with Crippen molar-refractivity contribution in [3.63, 3.8) is 0 Å². The lowest BCUT2D eigenvalue weighted by Gasteiger charge is -2.19. The molecule has 2 unspecified atom stereocenters. The van der Waals surface area contributed by atoms with Gasteiger partial charge >= 0.3 is 5.97 Å². The Morgan fingerprint density at radius 1 is 1.50 bits per heavy atom. The quantitative estimate of drug-likeness (QED) is 0.900. The van der Waals surface area contributed by atoms with Gasteiger partial charge in [-0.05, 0) is 47.0 Å². The van der Waals surface area contributed by atoms with Crippen molar-refractivity contribution >= 4 is 27.6 Å². The van der Waals surface area contributed by atoms with Crippen LogP contribution in [0, 0.1) is 17.2 Å². The molecule has 0 heterocycles. The Hall–Kier alpha value is -1.54. The molecule has 2 N–H and O–H groups in total. The van der Waals surface area contributed by atoms with Gasteiger partial charge in [0.1, 0.15) is 6.07 Å². The van der Waals surface area contributed by atoms with Crippen molar-refractivity contribution < 1.29 is 9.90 Å². The normalized spacial score (nSPS) is 22.4. The van der Waals surface area contributed by atoms with Crippen molar-refractivity contribution in [3.8, 4) is 6.07 Å². The van der Waals surface area contributed by atoms with Gasteiger partial charge in [-0.3, -0.25) is 4.79 Å². The maximum Gasteiger partial charge on any atom is 0.308 e. The van der Waals surface area contributed by atoms with Gasteiger partial charge in [-0.2, -0.15) is 5.26 Å². The van der Waals surface area contributed by atoms with Gasteiger partial charge < -0.3 is 10.4 Å². The number of anilines is 1. The summed E-state index contributed by atoms with van der Waals surface area (Å²) in [5.74, 6) is -1.06. The first kappa shape index (κ1) is 12.9. The molecule has 0 spiro atoms. The van der Waals surface area contributed by atoms with Gasteiger partial charge in [0, 0.05) is 16.2 Å². The molecule has 1 aromatic carbocycles. The Labute approximate surface area is 114 Å². The summed E-state index contributed by atoms with van der Waals surface area (Å²) in [5.41, 5.74) is 1.42. The lowest BCUT2D eigenvalue weighted by molar-refractivity contribution is -0.141. The third kappa shape index (κ3) is 2.65. The number of halogens is 1. The topological polar surface area (TPSA) is 73.1 Å². The number of aliphatic carboxylic acids is 1. The van der Waals surface area contributed by atoms with Gasteiger partial charge in [-0.25, -0.2) is 0 Å². The molecule has 0 aromatic heterocycles. The molecule has 0 saturated heterocycles. The van der Waals surface area contributed by atoms with E-state index < -0.39 is 5.97 Å². The van der Waals surface area contributed by atoms with E-state index in [1.807, 2.05) is 6.07 Å². The first-order valence-electron chi connectivity index (χ1n) is 5.81.